The van der Waals surface area contributed by atoms with Crippen molar-refractivity contribution < 1.29 is 9.53 Å². The lowest BCUT2D eigenvalue weighted by Crippen LogP contribution is -2.60. The summed E-state index contributed by atoms with van der Waals surface area (Å²) in [5.74, 6) is 0.550. The van der Waals surface area contributed by atoms with Crippen molar-refractivity contribution in [2.75, 3.05) is 33.3 Å². The van der Waals surface area contributed by atoms with Crippen LogP contribution < -0.4 is 0 Å². The third-order valence-corrected chi connectivity index (χ3v) is 4.53. The Bertz CT molecular complexity index is 348. The molecule has 0 unspecified atom stereocenters. The summed E-state index contributed by atoms with van der Waals surface area (Å²) in [6.07, 6.45) is 7.43. The molecular weight excluding hydrogens is 228 g/mol. The van der Waals surface area contributed by atoms with E-state index in [1.54, 1.807) is 0 Å². The summed E-state index contributed by atoms with van der Waals surface area (Å²) >= 11 is 0. The van der Waals surface area contributed by atoms with Gasteiger partial charge in [0.05, 0.1) is 18.8 Å². The zero-order chi connectivity index (χ0) is 12.5. The van der Waals surface area contributed by atoms with Crippen LogP contribution in [0.15, 0.2) is 12.2 Å². The summed E-state index contributed by atoms with van der Waals surface area (Å²) in [5.41, 5.74) is 0. The van der Waals surface area contributed by atoms with Gasteiger partial charge in [0.25, 0.3) is 0 Å². The summed E-state index contributed by atoms with van der Waals surface area (Å²) in [6, 6.07) is 0.394. The molecule has 0 aromatic rings. The minimum absolute atomic E-state index is 0.205. The number of ether oxygens (including phenoxy) is 1. The summed E-state index contributed by atoms with van der Waals surface area (Å²) in [7, 11) is 2.14. The third kappa shape index (κ3) is 2.19. The van der Waals surface area contributed by atoms with Crippen molar-refractivity contribution in [3.8, 4) is 0 Å². The zero-order valence-electron chi connectivity index (χ0n) is 11.0. The van der Waals surface area contributed by atoms with E-state index in [-0.39, 0.29) is 5.92 Å². The van der Waals surface area contributed by atoms with Crippen LogP contribution in [0.1, 0.15) is 19.3 Å². The van der Waals surface area contributed by atoms with Crippen molar-refractivity contribution in [2.24, 2.45) is 5.92 Å². The molecule has 0 bridgehead atoms. The van der Waals surface area contributed by atoms with E-state index in [0.717, 1.165) is 45.5 Å². The van der Waals surface area contributed by atoms with E-state index < -0.39 is 0 Å². The first-order valence-corrected chi connectivity index (χ1v) is 7.01. The van der Waals surface area contributed by atoms with Crippen LogP contribution in [0.5, 0.6) is 0 Å². The molecule has 2 aliphatic heterocycles. The van der Waals surface area contributed by atoms with Gasteiger partial charge in [0.15, 0.2) is 0 Å². The smallest absolute Gasteiger partial charge is 0.226 e. The molecule has 1 amide bonds. The normalized spacial score (nSPS) is 33.7. The topological polar surface area (TPSA) is 32.8 Å². The van der Waals surface area contributed by atoms with Gasteiger partial charge in [0.2, 0.25) is 5.91 Å². The Balaban J connectivity index is 1.63. The maximum atomic E-state index is 12.4. The lowest BCUT2D eigenvalue weighted by molar-refractivity contribution is -0.145. The lowest BCUT2D eigenvalue weighted by Gasteiger charge is -2.46. The fourth-order valence-electron chi connectivity index (χ4n) is 3.32. The van der Waals surface area contributed by atoms with Crippen molar-refractivity contribution in [1.29, 1.82) is 0 Å². The predicted molar refractivity (Wildman–Crippen MR) is 69.2 cm³/mol. The van der Waals surface area contributed by atoms with Crippen molar-refractivity contribution in [2.45, 2.75) is 31.4 Å². The number of morpholine rings is 1. The Morgan fingerprint density at radius 3 is 2.83 bits per heavy atom. The Hall–Kier alpha value is -0.870. The predicted octanol–water partition coefficient (Wildman–Crippen LogP) is 0.884. The molecule has 0 spiro atoms. The fraction of sp³-hybridized carbons (Fsp3) is 0.786. The number of fused-ring (bicyclic) bond motifs is 1. The summed E-state index contributed by atoms with van der Waals surface area (Å²) < 4.78 is 5.81. The molecule has 0 aromatic carbocycles. The van der Waals surface area contributed by atoms with Gasteiger partial charge in [0, 0.05) is 25.6 Å². The molecule has 2 heterocycles. The Morgan fingerprint density at radius 2 is 2.06 bits per heavy atom. The van der Waals surface area contributed by atoms with Crippen LogP contribution in [0, 0.1) is 5.92 Å². The van der Waals surface area contributed by atoms with Gasteiger partial charge in [0.1, 0.15) is 0 Å². The molecule has 100 valence electrons. The monoisotopic (exact) mass is 250 g/mol. The average molecular weight is 250 g/mol. The fourth-order valence-corrected chi connectivity index (χ4v) is 3.32. The maximum absolute atomic E-state index is 12.4. The quantitative estimate of drug-likeness (QED) is 0.648. The lowest BCUT2D eigenvalue weighted by atomic mass is 9.97. The van der Waals surface area contributed by atoms with Crippen molar-refractivity contribution in [1.82, 2.24) is 9.80 Å². The number of amides is 1. The molecule has 2 fully saturated rings. The minimum atomic E-state index is 0.205. The van der Waals surface area contributed by atoms with Crippen LogP contribution >= 0.6 is 0 Å². The number of hydrogen-bond acceptors (Lipinski definition) is 3. The molecule has 0 saturated carbocycles. The summed E-state index contributed by atoms with van der Waals surface area (Å²) in [5, 5.41) is 0. The number of rotatable bonds is 1. The molecule has 3 aliphatic rings. The molecule has 0 aromatic heterocycles. The molecule has 4 nitrogen and oxygen atoms in total. The Morgan fingerprint density at radius 1 is 1.28 bits per heavy atom. The van der Waals surface area contributed by atoms with Gasteiger partial charge in [-0.05, 0) is 26.3 Å². The number of carbonyl (C=O) groups excluding carboxylic acids is 1. The average Bonchev–Trinajstić information content (AvgIpc) is 2.92. The minimum Gasteiger partial charge on any atom is -0.375 e. The number of allylic oxidation sites excluding steroid dienone is 2. The first-order chi connectivity index (χ1) is 8.75. The van der Waals surface area contributed by atoms with E-state index in [9.17, 15) is 4.79 Å². The van der Waals surface area contributed by atoms with E-state index in [2.05, 4.69) is 29.0 Å². The first kappa shape index (κ1) is 12.2. The highest BCUT2D eigenvalue weighted by molar-refractivity contribution is 5.79. The van der Waals surface area contributed by atoms with Crippen LogP contribution in [-0.4, -0.2) is 61.1 Å². The van der Waals surface area contributed by atoms with Gasteiger partial charge in [-0.15, -0.1) is 0 Å². The van der Waals surface area contributed by atoms with Gasteiger partial charge >= 0.3 is 0 Å². The molecule has 0 radical (unpaired) electrons. The molecular formula is C14H22N2O2. The number of nitrogens with zero attached hydrogens (tertiary/aromatic N) is 2. The van der Waals surface area contributed by atoms with Crippen LogP contribution in [0.2, 0.25) is 0 Å². The van der Waals surface area contributed by atoms with E-state index in [1.807, 2.05) is 0 Å². The SMILES string of the molecule is CN1CCO[C@H]2CCN(C(=O)C3CC=CC3)C[C@H]21. The Kier molecular flexibility index (Phi) is 3.39. The zero-order valence-corrected chi connectivity index (χ0v) is 11.0. The number of hydrogen-bond donors (Lipinski definition) is 0. The standard InChI is InChI=1S/C14H22N2O2/c1-15-8-9-18-13-6-7-16(10-12(13)15)14(17)11-4-2-3-5-11/h2-3,11-13H,4-10H2,1H3/t12-,13+/m1/s1. The van der Waals surface area contributed by atoms with Crippen LogP contribution in [0.25, 0.3) is 0 Å². The van der Waals surface area contributed by atoms with Gasteiger partial charge in [-0.1, -0.05) is 12.2 Å². The second-order valence-electron chi connectivity index (χ2n) is 5.67. The second-order valence-corrected chi connectivity index (χ2v) is 5.67. The second kappa shape index (κ2) is 5.02. The van der Waals surface area contributed by atoms with Crippen molar-refractivity contribution in [3.05, 3.63) is 12.2 Å². The van der Waals surface area contributed by atoms with E-state index in [1.165, 1.54) is 0 Å². The van der Waals surface area contributed by atoms with E-state index >= 15 is 0 Å². The maximum Gasteiger partial charge on any atom is 0.226 e. The number of carbonyl (C=O) groups is 1. The highest BCUT2D eigenvalue weighted by Crippen LogP contribution is 2.26. The molecule has 2 atom stereocenters. The third-order valence-electron chi connectivity index (χ3n) is 4.53. The van der Waals surface area contributed by atoms with Gasteiger partial charge < -0.3 is 9.64 Å². The summed E-state index contributed by atoms with van der Waals surface area (Å²) in [4.78, 5) is 16.8. The molecule has 1 aliphatic carbocycles. The number of piperidine rings is 1. The van der Waals surface area contributed by atoms with Gasteiger partial charge in [-0.3, -0.25) is 9.69 Å². The van der Waals surface area contributed by atoms with Crippen molar-refractivity contribution >= 4 is 5.91 Å². The molecule has 18 heavy (non-hydrogen) atoms. The molecule has 0 N–H and O–H groups in total. The Labute approximate surface area is 109 Å². The van der Waals surface area contributed by atoms with Crippen LogP contribution in [0.4, 0.5) is 0 Å². The summed E-state index contributed by atoms with van der Waals surface area (Å²) in [6.45, 7) is 3.52. The number of likely N-dealkylation sites (tertiary alicyclic amines) is 1. The molecule has 4 heteroatoms. The van der Waals surface area contributed by atoms with Crippen LogP contribution in [0.3, 0.4) is 0 Å². The van der Waals surface area contributed by atoms with Crippen LogP contribution in [-0.2, 0) is 9.53 Å². The van der Waals surface area contributed by atoms with Gasteiger partial charge in [-0.25, -0.2) is 0 Å². The molecule has 3 rings (SSSR count). The largest absolute Gasteiger partial charge is 0.375 e. The highest BCUT2D eigenvalue weighted by Gasteiger charge is 2.38. The van der Waals surface area contributed by atoms with E-state index in [0.29, 0.717) is 18.1 Å². The number of likely N-dealkylation sites (N-methyl/N-ethyl adjacent to an activating group) is 1. The van der Waals surface area contributed by atoms with Gasteiger partial charge in [-0.2, -0.15) is 0 Å². The van der Waals surface area contributed by atoms with Crippen molar-refractivity contribution in [3.63, 3.8) is 0 Å². The highest BCUT2D eigenvalue weighted by atomic mass is 16.5. The first-order valence-electron chi connectivity index (χ1n) is 7.01. The molecule has 2 saturated heterocycles. The van der Waals surface area contributed by atoms with E-state index in [4.69, 9.17) is 4.74 Å².